The number of amides is 3. The van der Waals surface area contributed by atoms with Gasteiger partial charge >= 0.3 is 6.09 Å². The van der Waals surface area contributed by atoms with Crippen LogP contribution >= 0.6 is 0 Å². The summed E-state index contributed by atoms with van der Waals surface area (Å²) in [6, 6.07) is 8.90. The van der Waals surface area contributed by atoms with Crippen LogP contribution in [0.1, 0.15) is 70.9 Å². The molecule has 68 heavy (non-hydrogen) atoms. The number of halogens is 1. The summed E-state index contributed by atoms with van der Waals surface area (Å²) < 4.78 is 36.6. The summed E-state index contributed by atoms with van der Waals surface area (Å²) in [5.41, 5.74) is 4.08. The van der Waals surface area contributed by atoms with Crippen molar-refractivity contribution in [2.45, 2.75) is 95.1 Å². The van der Waals surface area contributed by atoms with E-state index >= 15 is 4.39 Å². The standard InChI is InChI=1S/C48H56FN13O6/c1-48(2,3)68-47(65)62-34-24-59(25-35(62)28-67-27-34)42-11-5-29(20-51-42)44-45-30(19-50)21-53-61(45)26-39(55-44)31-22-52-60(23-31)33-8-6-32(7-9-33)57-13-15-58(16-14-57)40-18-41(66-4)38(17-36(40)49)54-37-10-12-43(63)56-46(37)64/h5,11,17-18,20-23,26,32-35,37,54H,6-10,12-16,24-25,27-28H2,1-4H3,(H,56,63,64)/t32?,33?,34-,35+,37?. The van der Waals surface area contributed by atoms with E-state index in [-0.39, 0.29) is 36.5 Å². The number of piperidine rings is 1. The first-order valence-corrected chi connectivity index (χ1v) is 23.4. The number of imide groups is 1. The first-order chi connectivity index (χ1) is 32.8. The fraction of sp³-hybridized carbons (Fsp3) is 0.500. The second-order valence-corrected chi connectivity index (χ2v) is 19.3. The number of rotatable bonds is 9. The normalized spacial score (nSPS) is 23.6. The summed E-state index contributed by atoms with van der Waals surface area (Å²) in [4.78, 5) is 55.6. The fourth-order valence-electron chi connectivity index (χ4n) is 10.4. The molecule has 3 amide bonds. The van der Waals surface area contributed by atoms with Crippen LogP contribution in [0.4, 0.5) is 26.4 Å². The molecule has 8 heterocycles. The molecule has 1 aliphatic carbocycles. The lowest BCUT2D eigenvalue weighted by Crippen LogP contribution is -2.66. The number of anilines is 3. The Morgan fingerprint density at radius 3 is 2.34 bits per heavy atom. The lowest BCUT2D eigenvalue weighted by atomic mass is 9.90. The Labute approximate surface area is 393 Å². The van der Waals surface area contributed by atoms with Crippen LogP contribution in [-0.2, 0) is 19.1 Å². The molecular formula is C48H56FN13O6. The van der Waals surface area contributed by atoms with Crippen molar-refractivity contribution >= 4 is 40.6 Å². The van der Waals surface area contributed by atoms with Gasteiger partial charge in [0.1, 0.15) is 46.2 Å². The van der Waals surface area contributed by atoms with E-state index in [1.807, 2.05) is 66.0 Å². The molecular weight excluding hydrogens is 874 g/mol. The van der Waals surface area contributed by atoms with Gasteiger partial charge in [-0.2, -0.15) is 15.5 Å². The van der Waals surface area contributed by atoms with E-state index < -0.39 is 23.4 Å². The predicted octanol–water partition coefficient (Wildman–Crippen LogP) is 5.02. The Kier molecular flexibility index (Phi) is 12.1. The number of pyridine rings is 1. The number of nitriles is 1. The van der Waals surface area contributed by atoms with Crippen LogP contribution in [0.2, 0.25) is 0 Å². The van der Waals surface area contributed by atoms with E-state index in [4.69, 9.17) is 29.3 Å². The van der Waals surface area contributed by atoms with Crippen molar-refractivity contribution in [2.75, 3.05) is 74.7 Å². The maximum atomic E-state index is 15.6. The van der Waals surface area contributed by atoms with Gasteiger partial charge in [-0.05, 0) is 65.0 Å². The molecule has 1 unspecified atom stereocenters. The van der Waals surface area contributed by atoms with Gasteiger partial charge in [-0.25, -0.2) is 23.7 Å². The van der Waals surface area contributed by atoms with Crippen LogP contribution in [-0.4, -0.2) is 146 Å². The van der Waals surface area contributed by atoms with Crippen molar-refractivity contribution in [2.24, 2.45) is 0 Å². The van der Waals surface area contributed by atoms with Gasteiger partial charge in [0, 0.05) is 87.4 Å². The number of carbonyl (C=O) groups is 3. The minimum Gasteiger partial charge on any atom is -0.495 e. The smallest absolute Gasteiger partial charge is 0.411 e. The van der Waals surface area contributed by atoms with Crippen molar-refractivity contribution in [3.05, 3.63) is 66.6 Å². The van der Waals surface area contributed by atoms with Gasteiger partial charge in [-0.3, -0.25) is 29.4 Å². The lowest BCUT2D eigenvalue weighted by Gasteiger charge is -2.49. The SMILES string of the molecule is COc1cc(N2CCN(C3CCC(n4cc(-c5cn6ncc(C#N)c6c(-c6ccc(N7C[C@H]8COC[C@@H](C7)N8C(=O)OC(C)(C)C)nc6)n5)cn4)CC3)CC2)c(F)cc1NC1CCC(=O)NC1=O. The van der Waals surface area contributed by atoms with Crippen LogP contribution in [0.25, 0.3) is 28.0 Å². The quantitative estimate of drug-likeness (QED) is 0.187. The van der Waals surface area contributed by atoms with Gasteiger partial charge < -0.3 is 29.3 Å². The monoisotopic (exact) mass is 929 g/mol. The van der Waals surface area contributed by atoms with Gasteiger partial charge in [-0.1, -0.05) is 0 Å². The van der Waals surface area contributed by atoms with Crippen LogP contribution in [0.15, 0.2) is 55.2 Å². The summed E-state index contributed by atoms with van der Waals surface area (Å²) in [5, 5.41) is 24.8. The van der Waals surface area contributed by atoms with E-state index in [1.165, 1.54) is 13.2 Å². The molecule has 3 atom stereocenters. The van der Waals surface area contributed by atoms with Gasteiger partial charge in [0.05, 0.1) is 79.8 Å². The Bertz CT molecular complexity index is 2740. The number of methoxy groups -OCH3 is 1. The van der Waals surface area contributed by atoms with E-state index in [2.05, 4.69) is 31.6 Å². The predicted molar refractivity (Wildman–Crippen MR) is 249 cm³/mol. The molecule has 1 saturated carbocycles. The lowest BCUT2D eigenvalue weighted by molar-refractivity contribution is -0.133. The number of piperazine rings is 2. The Morgan fingerprint density at radius 1 is 0.912 bits per heavy atom. The number of carbonyl (C=O) groups excluding carboxylic acids is 3. The summed E-state index contributed by atoms with van der Waals surface area (Å²) in [6.07, 6.45) is 13.2. The minimum atomic E-state index is -0.649. The van der Waals surface area contributed by atoms with Crippen molar-refractivity contribution in [3.8, 4) is 34.3 Å². The average Bonchev–Trinajstić information content (AvgIpc) is 4.00. The number of nitrogens with one attached hydrogen (secondary N) is 2. The highest BCUT2D eigenvalue weighted by atomic mass is 19.1. The van der Waals surface area contributed by atoms with Crippen molar-refractivity contribution in [1.82, 2.24) is 44.5 Å². The highest BCUT2D eigenvalue weighted by Gasteiger charge is 2.43. The number of morpholine rings is 1. The molecule has 4 aliphatic heterocycles. The van der Waals surface area contributed by atoms with E-state index in [0.717, 1.165) is 55.7 Å². The summed E-state index contributed by atoms with van der Waals surface area (Å²) in [5.74, 6) is 0.0719. The highest BCUT2D eigenvalue weighted by Crippen LogP contribution is 2.37. The average molecular weight is 930 g/mol. The number of nitrogens with zero attached hydrogens (tertiary/aromatic N) is 11. The molecule has 0 radical (unpaired) electrons. The zero-order valence-corrected chi connectivity index (χ0v) is 38.7. The molecule has 20 heteroatoms. The molecule has 19 nitrogen and oxygen atoms in total. The highest BCUT2D eigenvalue weighted by molar-refractivity contribution is 6.01. The van der Waals surface area contributed by atoms with Crippen molar-refractivity contribution in [3.63, 3.8) is 0 Å². The van der Waals surface area contributed by atoms with E-state index in [1.54, 1.807) is 23.0 Å². The second-order valence-electron chi connectivity index (χ2n) is 19.3. The molecule has 5 aromatic rings. The third-order valence-electron chi connectivity index (χ3n) is 13.8. The molecule has 356 valence electrons. The third kappa shape index (κ3) is 8.99. The van der Waals surface area contributed by atoms with Gasteiger partial charge in [0.15, 0.2) is 0 Å². The molecule has 10 rings (SSSR count). The fourth-order valence-corrected chi connectivity index (χ4v) is 10.4. The molecule has 2 bridgehead atoms. The summed E-state index contributed by atoms with van der Waals surface area (Å²) in [7, 11) is 1.52. The van der Waals surface area contributed by atoms with Gasteiger partial charge in [0.2, 0.25) is 11.8 Å². The summed E-state index contributed by atoms with van der Waals surface area (Å²) in [6.45, 7) is 10.5. The third-order valence-corrected chi connectivity index (χ3v) is 13.8. The van der Waals surface area contributed by atoms with Crippen molar-refractivity contribution in [1.29, 1.82) is 5.26 Å². The maximum absolute atomic E-state index is 15.6. The number of benzene rings is 1. The maximum Gasteiger partial charge on any atom is 0.411 e. The van der Waals surface area contributed by atoms with Crippen LogP contribution < -0.4 is 25.2 Å². The number of fused-ring (bicyclic) bond motifs is 3. The zero-order valence-electron chi connectivity index (χ0n) is 38.7. The molecule has 5 fully saturated rings. The van der Waals surface area contributed by atoms with Crippen LogP contribution in [0, 0.1) is 17.1 Å². The molecule has 2 N–H and O–H groups in total. The number of aromatic nitrogens is 6. The molecule has 4 saturated heterocycles. The topological polar surface area (TPSA) is 201 Å². The zero-order chi connectivity index (χ0) is 47.3. The Morgan fingerprint density at radius 2 is 1.66 bits per heavy atom. The van der Waals surface area contributed by atoms with E-state index in [9.17, 15) is 19.6 Å². The van der Waals surface area contributed by atoms with Crippen LogP contribution in [0.3, 0.4) is 0 Å². The molecule has 5 aliphatic rings. The minimum absolute atomic E-state index is 0.171. The summed E-state index contributed by atoms with van der Waals surface area (Å²) >= 11 is 0. The number of hydrogen-bond donors (Lipinski definition) is 2. The Balaban J connectivity index is 0.775. The molecule has 0 spiro atoms. The second kappa shape index (κ2) is 18.3. The first-order valence-electron chi connectivity index (χ1n) is 23.4. The molecule has 1 aromatic carbocycles. The largest absolute Gasteiger partial charge is 0.495 e. The van der Waals surface area contributed by atoms with Crippen LogP contribution in [0.5, 0.6) is 5.75 Å². The molecule has 4 aromatic heterocycles. The van der Waals surface area contributed by atoms with E-state index in [0.29, 0.717) is 91.4 Å². The number of hydrogen-bond acceptors (Lipinski definition) is 15. The van der Waals surface area contributed by atoms with Gasteiger partial charge in [-0.15, -0.1) is 0 Å². The number of ether oxygens (including phenoxy) is 3. The van der Waals surface area contributed by atoms with Gasteiger partial charge in [0.25, 0.3) is 0 Å². The van der Waals surface area contributed by atoms with Crippen molar-refractivity contribution < 1.29 is 33.0 Å². The first kappa shape index (κ1) is 45.0. The Hall–Kier alpha value is -6.85.